The van der Waals surface area contributed by atoms with Crippen LogP contribution >= 0.6 is 0 Å². The molecule has 0 amide bonds. The third-order valence-electron chi connectivity index (χ3n) is 3.32. The molecule has 0 saturated heterocycles. The van der Waals surface area contributed by atoms with Gasteiger partial charge < -0.3 is 5.73 Å². The van der Waals surface area contributed by atoms with Gasteiger partial charge in [-0.3, -0.25) is 0 Å². The fourth-order valence-electron chi connectivity index (χ4n) is 1.70. The SMILES string of the molecule is CC(C)(Cn1nnnc1-c1cc(F)ccc1N)S(C)(=O)=O. The van der Waals surface area contributed by atoms with Crippen LogP contribution in [0.1, 0.15) is 13.8 Å². The highest BCUT2D eigenvalue weighted by atomic mass is 32.2. The van der Waals surface area contributed by atoms with Gasteiger partial charge in [0, 0.05) is 17.5 Å². The molecule has 0 unspecified atom stereocenters. The van der Waals surface area contributed by atoms with Crippen LogP contribution in [-0.4, -0.2) is 39.6 Å². The van der Waals surface area contributed by atoms with E-state index >= 15 is 0 Å². The summed E-state index contributed by atoms with van der Waals surface area (Å²) in [6, 6.07) is 3.85. The van der Waals surface area contributed by atoms with Gasteiger partial charge in [0.25, 0.3) is 0 Å². The number of nitrogen functional groups attached to an aromatic ring is 1. The normalized spacial score (nSPS) is 12.6. The van der Waals surface area contributed by atoms with Gasteiger partial charge in [0.05, 0.1) is 11.3 Å². The van der Waals surface area contributed by atoms with Gasteiger partial charge in [-0.2, -0.15) is 0 Å². The lowest BCUT2D eigenvalue weighted by molar-refractivity contribution is 0.471. The molecule has 0 fully saturated rings. The summed E-state index contributed by atoms with van der Waals surface area (Å²) in [4.78, 5) is 0. The molecule has 9 heteroatoms. The van der Waals surface area contributed by atoms with E-state index < -0.39 is 20.4 Å². The lowest BCUT2D eigenvalue weighted by Gasteiger charge is -2.22. The number of sulfone groups is 1. The molecule has 114 valence electrons. The standard InChI is InChI=1S/C12H16FN5O2S/c1-12(2,21(3,19)20)7-18-11(15-16-17-18)9-6-8(13)4-5-10(9)14/h4-6H,7,14H2,1-3H3. The molecular weight excluding hydrogens is 297 g/mol. The average Bonchev–Trinajstić information content (AvgIpc) is 2.78. The second-order valence-electron chi connectivity index (χ2n) is 5.42. The summed E-state index contributed by atoms with van der Waals surface area (Å²) in [6.07, 6.45) is 1.15. The first-order chi connectivity index (χ1) is 9.62. The average molecular weight is 313 g/mol. The molecule has 1 heterocycles. The van der Waals surface area contributed by atoms with Crippen molar-refractivity contribution >= 4 is 15.5 Å². The number of rotatable bonds is 4. The van der Waals surface area contributed by atoms with E-state index in [4.69, 9.17) is 5.73 Å². The summed E-state index contributed by atoms with van der Waals surface area (Å²) in [5.74, 6) is -0.250. The van der Waals surface area contributed by atoms with Crippen LogP contribution in [-0.2, 0) is 16.4 Å². The van der Waals surface area contributed by atoms with Crippen molar-refractivity contribution in [2.24, 2.45) is 0 Å². The molecule has 7 nitrogen and oxygen atoms in total. The Morgan fingerprint density at radius 3 is 2.67 bits per heavy atom. The highest BCUT2D eigenvalue weighted by molar-refractivity contribution is 7.92. The summed E-state index contributed by atoms with van der Waals surface area (Å²) >= 11 is 0. The number of tetrazole rings is 1. The zero-order valence-electron chi connectivity index (χ0n) is 11.9. The molecule has 0 aliphatic heterocycles. The molecule has 0 saturated carbocycles. The lowest BCUT2D eigenvalue weighted by atomic mass is 10.1. The monoisotopic (exact) mass is 313 g/mol. The Hall–Kier alpha value is -2.03. The molecule has 0 atom stereocenters. The van der Waals surface area contributed by atoms with Gasteiger partial charge in [-0.1, -0.05) is 0 Å². The van der Waals surface area contributed by atoms with Crippen LogP contribution in [0, 0.1) is 5.82 Å². The molecule has 2 N–H and O–H groups in total. The van der Waals surface area contributed by atoms with Gasteiger partial charge in [-0.05, 0) is 42.5 Å². The van der Waals surface area contributed by atoms with Crippen molar-refractivity contribution in [1.82, 2.24) is 20.2 Å². The Kier molecular flexibility index (Phi) is 3.70. The van der Waals surface area contributed by atoms with Gasteiger partial charge in [-0.15, -0.1) is 5.10 Å². The maximum absolute atomic E-state index is 13.4. The quantitative estimate of drug-likeness (QED) is 0.840. The molecule has 2 aromatic rings. The highest BCUT2D eigenvalue weighted by Gasteiger charge is 2.32. The van der Waals surface area contributed by atoms with Gasteiger partial charge in [0.2, 0.25) is 0 Å². The van der Waals surface area contributed by atoms with Gasteiger partial charge >= 0.3 is 0 Å². The first kappa shape index (κ1) is 15.4. The molecule has 0 aliphatic carbocycles. The molecule has 1 aromatic carbocycles. The van der Waals surface area contributed by atoms with Crippen LogP contribution in [0.3, 0.4) is 0 Å². The number of nitrogens with two attached hydrogens (primary N) is 1. The Morgan fingerprint density at radius 1 is 1.38 bits per heavy atom. The number of anilines is 1. The second-order valence-corrected chi connectivity index (χ2v) is 8.07. The first-order valence-corrected chi connectivity index (χ1v) is 8.02. The molecule has 21 heavy (non-hydrogen) atoms. The van der Waals surface area contributed by atoms with Crippen molar-refractivity contribution in [2.45, 2.75) is 25.1 Å². The Morgan fingerprint density at radius 2 is 2.05 bits per heavy atom. The molecular formula is C12H16FN5O2S. The van der Waals surface area contributed by atoms with Crippen molar-refractivity contribution in [2.75, 3.05) is 12.0 Å². The van der Waals surface area contributed by atoms with E-state index in [-0.39, 0.29) is 12.4 Å². The van der Waals surface area contributed by atoms with Crippen LogP contribution in [0.4, 0.5) is 10.1 Å². The predicted molar refractivity (Wildman–Crippen MR) is 76.5 cm³/mol. The highest BCUT2D eigenvalue weighted by Crippen LogP contribution is 2.26. The molecule has 2 rings (SSSR count). The Labute approximate surface area is 121 Å². The lowest BCUT2D eigenvalue weighted by Crippen LogP contribution is -2.36. The van der Waals surface area contributed by atoms with Crippen molar-refractivity contribution in [3.8, 4) is 11.4 Å². The predicted octanol–water partition coefficient (Wildman–Crippen LogP) is 0.885. The molecule has 1 aromatic heterocycles. The largest absolute Gasteiger partial charge is 0.398 e. The van der Waals surface area contributed by atoms with Crippen LogP contribution in [0.15, 0.2) is 18.2 Å². The smallest absolute Gasteiger partial charge is 0.184 e. The van der Waals surface area contributed by atoms with Crippen LogP contribution in [0.25, 0.3) is 11.4 Å². The summed E-state index contributed by atoms with van der Waals surface area (Å²) in [7, 11) is -3.32. The number of hydrogen-bond donors (Lipinski definition) is 1. The number of aromatic nitrogens is 4. The topological polar surface area (TPSA) is 104 Å². The van der Waals surface area contributed by atoms with Gasteiger partial charge in [0.1, 0.15) is 5.82 Å². The van der Waals surface area contributed by atoms with E-state index in [1.807, 2.05) is 0 Å². The summed E-state index contributed by atoms with van der Waals surface area (Å²) in [6.45, 7) is 3.18. The minimum absolute atomic E-state index is 0.0319. The van der Waals surface area contributed by atoms with Crippen molar-refractivity contribution in [3.05, 3.63) is 24.0 Å². The Balaban J connectivity index is 2.47. The van der Waals surface area contributed by atoms with E-state index in [1.165, 1.54) is 22.9 Å². The third kappa shape index (κ3) is 3.02. The zero-order valence-corrected chi connectivity index (χ0v) is 12.7. The molecule has 0 aliphatic rings. The van der Waals surface area contributed by atoms with Gasteiger partial charge in [0.15, 0.2) is 15.7 Å². The van der Waals surface area contributed by atoms with Crippen molar-refractivity contribution < 1.29 is 12.8 Å². The van der Waals surface area contributed by atoms with Crippen molar-refractivity contribution in [3.63, 3.8) is 0 Å². The third-order valence-corrected chi connectivity index (χ3v) is 5.46. The molecule has 0 radical (unpaired) electrons. The fourth-order valence-corrected chi connectivity index (χ4v) is 2.06. The van der Waals surface area contributed by atoms with E-state index in [1.54, 1.807) is 13.8 Å². The van der Waals surface area contributed by atoms with Crippen LogP contribution < -0.4 is 5.73 Å². The maximum atomic E-state index is 13.4. The van der Waals surface area contributed by atoms with E-state index in [0.717, 1.165) is 6.26 Å². The fraction of sp³-hybridized carbons (Fsp3) is 0.417. The van der Waals surface area contributed by atoms with E-state index in [0.29, 0.717) is 11.3 Å². The zero-order chi connectivity index (χ0) is 15.8. The number of benzene rings is 1. The van der Waals surface area contributed by atoms with E-state index in [2.05, 4.69) is 15.5 Å². The first-order valence-electron chi connectivity index (χ1n) is 6.13. The van der Waals surface area contributed by atoms with Gasteiger partial charge in [-0.25, -0.2) is 17.5 Å². The summed E-state index contributed by atoms with van der Waals surface area (Å²) < 4.78 is 37.2. The minimum atomic E-state index is -3.32. The van der Waals surface area contributed by atoms with Crippen molar-refractivity contribution in [1.29, 1.82) is 0 Å². The van der Waals surface area contributed by atoms with Crippen LogP contribution in [0.2, 0.25) is 0 Å². The second kappa shape index (κ2) is 5.06. The Bertz CT molecular complexity index is 770. The maximum Gasteiger partial charge on any atom is 0.184 e. The van der Waals surface area contributed by atoms with E-state index in [9.17, 15) is 12.8 Å². The summed E-state index contributed by atoms with van der Waals surface area (Å²) in [5, 5.41) is 11.1. The minimum Gasteiger partial charge on any atom is -0.398 e. The van der Waals surface area contributed by atoms with Crippen LogP contribution in [0.5, 0.6) is 0 Å². The number of halogens is 1. The molecule has 0 bridgehead atoms. The number of hydrogen-bond acceptors (Lipinski definition) is 6. The number of nitrogens with zero attached hydrogens (tertiary/aromatic N) is 4. The summed E-state index contributed by atoms with van der Waals surface area (Å²) in [5.41, 5.74) is 6.44. The molecule has 0 spiro atoms.